The first kappa shape index (κ1) is 22.1. The van der Waals surface area contributed by atoms with Crippen molar-refractivity contribution in [3.8, 4) is 0 Å². The number of benzene rings is 1. The quantitative estimate of drug-likeness (QED) is 0.210. The van der Waals surface area contributed by atoms with E-state index in [0.717, 1.165) is 23.4 Å². The molecule has 0 atom stereocenters. The van der Waals surface area contributed by atoms with Crippen LogP contribution in [0.2, 0.25) is 0 Å². The van der Waals surface area contributed by atoms with Gasteiger partial charge in [-0.3, -0.25) is 14.2 Å². The Morgan fingerprint density at radius 3 is 2.67 bits per heavy atom. The first-order valence-electron chi connectivity index (χ1n) is 10.3. The van der Waals surface area contributed by atoms with Crippen molar-refractivity contribution in [3.63, 3.8) is 0 Å². The van der Waals surface area contributed by atoms with Gasteiger partial charge in [-0.1, -0.05) is 43.8 Å². The third-order valence-corrected chi connectivity index (χ3v) is 6.25. The van der Waals surface area contributed by atoms with Crippen LogP contribution in [0.3, 0.4) is 0 Å². The molecule has 0 bridgehead atoms. The molecule has 0 aliphatic carbocycles. The van der Waals surface area contributed by atoms with Crippen molar-refractivity contribution in [1.82, 2.24) is 14.1 Å². The molecular weight excluding hydrogens is 394 g/mol. The van der Waals surface area contributed by atoms with Crippen molar-refractivity contribution in [2.45, 2.75) is 52.4 Å². The maximum Gasteiger partial charge on any atom is 0.262 e. The van der Waals surface area contributed by atoms with Crippen LogP contribution < -0.4 is 5.56 Å². The molecule has 1 aromatic carbocycles. The van der Waals surface area contributed by atoms with Crippen LogP contribution in [-0.2, 0) is 13.1 Å². The van der Waals surface area contributed by atoms with E-state index < -0.39 is 0 Å². The Bertz CT molecular complexity index is 1140. The van der Waals surface area contributed by atoms with Crippen LogP contribution >= 0.6 is 11.8 Å². The van der Waals surface area contributed by atoms with Gasteiger partial charge in [-0.15, -0.1) is 6.58 Å². The second kappa shape index (κ2) is 9.47. The molecule has 158 valence electrons. The highest BCUT2D eigenvalue weighted by Gasteiger charge is 2.18. The van der Waals surface area contributed by atoms with E-state index in [1.165, 1.54) is 11.8 Å². The third kappa shape index (κ3) is 4.59. The molecule has 0 spiro atoms. The number of aryl methyl sites for hydroxylation is 1. The lowest BCUT2D eigenvalue weighted by Crippen LogP contribution is -2.24. The Morgan fingerprint density at radius 1 is 1.23 bits per heavy atom. The van der Waals surface area contributed by atoms with Crippen molar-refractivity contribution in [1.29, 1.82) is 0 Å². The van der Waals surface area contributed by atoms with E-state index in [2.05, 4.69) is 25.0 Å². The molecule has 5 nitrogen and oxygen atoms in total. The molecule has 0 radical (unpaired) electrons. The van der Waals surface area contributed by atoms with Crippen LogP contribution in [0.1, 0.15) is 42.0 Å². The Kier molecular flexibility index (Phi) is 6.98. The summed E-state index contributed by atoms with van der Waals surface area (Å²) in [6.45, 7) is 13.3. The molecular formula is C24H29N3O2S. The predicted molar refractivity (Wildman–Crippen MR) is 125 cm³/mol. The summed E-state index contributed by atoms with van der Waals surface area (Å²) >= 11 is 1.34. The first-order valence-corrected chi connectivity index (χ1v) is 11.2. The summed E-state index contributed by atoms with van der Waals surface area (Å²) in [5, 5.41) is 1.22. The van der Waals surface area contributed by atoms with Crippen LogP contribution in [0.25, 0.3) is 10.9 Å². The summed E-state index contributed by atoms with van der Waals surface area (Å²) in [6, 6.07) is 9.32. The van der Waals surface area contributed by atoms with E-state index in [4.69, 9.17) is 4.98 Å². The number of para-hydroxylation sites is 1. The van der Waals surface area contributed by atoms with Crippen LogP contribution in [0.15, 0.2) is 52.9 Å². The highest BCUT2D eigenvalue weighted by Crippen LogP contribution is 2.22. The second-order valence-corrected chi connectivity index (χ2v) is 8.89. The maximum atomic E-state index is 13.1. The molecule has 6 heteroatoms. The van der Waals surface area contributed by atoms with Crippen LogP contribution in [0, 0.1) is 19.8 Å². The zero-order valence-electron chi connectivity index (χ0n) is 18.1. The Hall–Kier alpha value is -2.60. The molecule has 0 fully saturated rings. The minimum atomic E-state index is -0.0413. The fourth-order valence-corrected chi connectivity index (χ4v) is 4.45. The van der Waals surface area contributed by atoms with Crippen LogP contribution in [0.5, 0.6) is 0 Å². The number of Topliss-reactive ketones (excluding diaryl/α,β-unsaturated/α-hetero) is 1. The van der Waals surface area contributed by atoms with Crippen molar-refractivity contribution in [2.24, 2.45) is 5.92 Å². The van der Waals surface area contributed by atoms with Gasteiger partial charge in [0.2, 0.25) is 0 Å². The number of aromatic nitrogens is 3. The zero-order chi connectivity index (χ0) is 21.8. The standard InChI is InChI=1S/C24H29N3O2S/c1-6-12-26-17(4)14-20(18(26)5)22(28)15-30-24-25-21-10-8-7-9-19(21)23(29)27(24)13-11-16(2)3/h6-10,14,16H,1,11-13,15H2,2-5H3. The number of hydrogen-bond donors (Lipinski definition) is 0. The van der Waals surface area contributed by atoms with Gasteiger partial charge in [0.25, 0.3) is 5.56 Å². The average Bonchev–Trinajstić information content (AvgIpc) is 3.00. The van der Waals surface area contributed by atoms with Gasteiger partial charge in [-0.05, 0) is 44.4 Å². The Balaban J connectivity index is 1.90. The monoisotopic (exact) mass is 423 g/mol. The highest BCUT2D eigenvalue weighted by atomic mass is 32.2. The van der Waals surface area contributed by atoms with E-state index in [0.29, 0.717) is 35.1 Å². The average molecular weight is 424 g/mol. The Morgan fingerprint density at radius 2 is 1.97 bits per heavy atom. The van der Waals surface area contributed by atoms with Crippen LogP contribution in [-0.4, -0.2) is 25.7 Å². The zero-order valence-corrected chi connectivity index (χ0v) is 19.0. The molecule has 3 aromatic rings. The van der Waals surface area contributed by atoms with Gasteiger partial charge in [0, 0.05) is 30.0 Å². The summed E-state index contributed by atoms with van der Waals surface area (Å²) in [4.78, 5) is 30.7. The second-order valence-electron chi connectivity index (χ2n) is 7.95. The number of nitrogens with zero attached hydrogens (tertiary/aromatic N) is 3. The van der Waals surface area contributed by atoms with E-state index in [9.17, 15) is 9.59 Å². The molecule has 30 heavy (non-hydrogen) atoms. The van der Waals surface area contributed by atoms with Gasteiger partial charge in [-0.25, -0.2) is 4.98 Å². The van der Waals surface area contributed by atoms with E-state index >= 15 is 0 Å². The molecule has 3 rings (SSSR count). The van der Waals surface area contributed by atoms with Gasteiger partial charge in [0.1, 0.15) is 0 Å². The summed E-state index contributed by atoms with van der Waals surface area (Å²) in [6.07, 6.45) is 2.71. The minimum absolute atomic E-state index is 0.0413. The topological polar surface area (TPSA) is 56.9 Å². The van der Waals surface area contributed by atoms with Crippen LogP contribution in [0.4, 0.5) is 0 Å². The third-order valence-electron chi connectivity index (χ3n) is 5.27. The number of carbonyl (C=O) groups is 1. The minimum Gasteiger partial charge on any atom is -0.345 e. The number of allylic oxidation sites excluding steroid dienone is 1. The molecule has 2 aromatic heterocycles. The summed E-state index contributed by atoms with van der Waals surface area (Å²) < 4.78 is 3.80. The van der Waals surface area contributed by atoms with Gasteiger partial charge in [0.15, 0.2) is 10.9 Å². The maximum absolute atomic E-state index is 13.1. The van der Waals surface area contributed by atoms with Gasteiger partial charge in [0.05, 0.1) is 16.7 Å². The molecule has 0 amide bonds. The van der Waals surface area contributed by atoms with E-state index in [1.54, 1.807) is 4.57 Å². The summed E-state index contributed by atoms with van der Waals surface area (Å²) in [5.41, 5.74) is 3.33. The summed E-state index contributed by atoms with van der Waals surface area (Å²) in [5.74, 6) is 0.754. The molecule has 0 N–H and O–H groups in total. The van der Waals surface area contributed by atoms with Crippen molar-refractivity contribution in [2.75, 3.05) is 5.75 Å². The number of hydrogen-bond acceptors (Lipinski definition) is 4. The SMILES string of the molecule is C=CCn1c(C)cc(C(=O)CSc2nc3ccccc3c(=O)n2CCC(C)C)c1C. The Labute approximate surface area is 181 Å². The molecule has 2 heterocycles. The normalized spacial score (nSPS) is 11.4. The van der Waals surface area contributed by atoms with Crippen molar-refractivity contribution >= 4 is 28.4 Å². The summed E-state index contributed by atoms with van der Waals surface area (Å²) in [7, 11) is 0. The lowest BCUT2D eigenvalue weighted by atomic mass is 10.1. The fraction of sp³-hybridized carbons (Fsp3) is 0.375. The number of ketones is 1. The molecule has 0 saturated carbocycles. The van der Waals surface area contributed by atoms with E-state index in [1.807, 2.05) is 50.3 Å². The highest BCUT2D eigenvalue weighted by molar-refractivity contribution is 7.99. The van der Waals surface area contributed by atoms with Crippen molar-refractivity contribution < 1.29 is 4.79 Å². The first-order chi connectivity index (χ1) is 14.3. The molecule has 0 unspecified atom stereocenters. The lowest BCUT2D eigenvalue weighted by Gasteiger charge is -2.14. The number of fused-ring (bicyclic) bond motifs is 1. The number of thioether (sulfide) groups is 1. The largest absolute Gasteiger partial charge is 0.345 e. The molecule has 0 aliphatic rings. The van der Waals surface area contributed by atoms with Gasteiger partial charge in [-0.2, -0.15) is 0 Å². The van der Waals surface area contributed by atoms with Crippen molar-refractivity contribution in [3.05, 3.63) is 70.3 Å². The number of rotatable bonds is 9. The van der Waals surface area contributed by atoms with E-state index in [-0.39, 0.29) is 17.1 Å². The van der Waals surface area contributed by atoms with Gasteiger partial charge >= 0.3 is 0 Å². The van der Waals surface area contributed by atoms with Gasteiger partial charge < -0.3 is 4.57 Å². The molecule has 0 aliphatic heterocycles. The smallest absolute Gasteiger partial charge is 0.262 e. The predicted octanol–water partition coefficient (Wildman–Crippen LogP) is 5.02. The molecule has 0 saturated heterocycles. The fourth-order valence-electron chi connectivity index (χ4n) is 3.54. The number of carbonyl (C=O) groups excluding carboxylic acids is 1. The lowest BCUT2D eigenvalue weighted by molar-refractivity contribution is 0.102.